The second-order valence-corrected chi connectivity index (χ2v) is 12.4. The Morgan fingerprint density at radius 3 is 1.58 bits per heavy atom. The van der Waals surface area contributed by atoms with Gasteiger partial charge in [-0.05, 0) is 68.0 Å². The van der Waals surface area contributed by atoms with Crippen molar-refractivity contribution in [3.8, 4) is 73.6 Å². The molecule has 0 N–H and O–H groups in total. The van der Waals surface area contributed by atoms with Gasteiger partial charge in [-0.3, -0.25) is 0 Å². The van der Waals surface area contributed by atoms with E-state index < -0.39 is 7.92 Å². The summed E-state index contributed by atoms with van der Waals surface area (Å²) in [6, 6.07) is 20.0. The number of unbranched alkanes of at least 4 members (excludes halogenated alkanes) is 1. The number of hydrogen-bond acceptors (Lipinski definition) is 7. The van der Waals surface area contributed by atoms with E-state index >= 15 is 0 Å². The lowest BCUT2D eigenvalue weighted by Crippen LogP contribution is -2.08. The Kier molecular flexibility index (Phi) is 9.52. The molecule has 0 saturated carbocycles. The highest BCUT2D eigenvalue weighted by Gasteiger charge is 2.32. The molecule has 0 aliphatic carbocycles. The van der Waals surface area contributed by atoms with Crippen LogP contribution in [0.4, 0.5) is 0 Å². The van der Waals surface area contributed by atoms with E-state index in [1.165, 1.54) is 5.30 Å². The Hall–Kier alpha value is -4.09. The largest absolute Gasteiger partial charge is 0.497 e. The standard InChI is InChI=1S/C35H39O7P/c1-8-9-13-43-21-42-31-12-10-11-28(35(31)43)32-33(40-6)29(22-14-24(36-2)18-25(15-22)37-3)20-30(34(32)41-7)23-16-26(38-4)19-27(17-23)39-5/h10-12,14-20H,8-9,13,21H2,1-7H3. The summed E-state index contributed by atoms with van der Waals surface area (Å²) in [5, 5.41) is 1.25. The average molecular weight is 603 g/mol. The maximum absolute atomic E-state index is 6.29. The molecule has 4 aromatic carbocycles. The van der Waals surface area contributed by atoms with E-state index in [4.69, 9.17) is 33.2 Å². The summed E-state index contributed by atoms with van der Waals surface area (Å²) in [7, 11) is 9.48. The number of ether oxygens (including phenoxy) is 7. The molecule has 4 aromatic rings. The molecular weight excluding hydrogens is 563 g/mol. The predicted molar refractivity (Wildman–Crippen MR) is 174 cm³/mol. The van der Waals surface area contributed by atoms with Gasteiger partial charge in [-0.1, -0.05) is 25.5 Å². The van der Waals surface area contributed by atoms with Gasteiger partial charge >= 0.3 is 0 Å². The summed E-state index contributed by atoms with van der Waals surface area (Å²) in [6.45, 7) is 2.23. The van der Waals surface area contributed by atoms with Crippen LogP contribution in [0.15, 0.2) is 60.7 Å². The average Bonchev–Trinajstić information content (AvgIpc) is 3.48. The van der Waals surface area contributed by atoms with Crippen LogP contribution in [0.3, 0.4) is 0 Å². The van der Waals surface area contributed by atoms with Crippen LogP contribution in [0, 0.1) is 0 Å². The van der Waals surface area contributed by atoms with E-state index in [9.17, 15) is 0 Å². The Morgan fingerprint density at radius 1 is 0.628 bits per heavy atom. The first-order valence-corrected chi connectivity index (χ1v) is 16.0. The molecular formula is C35H39O7P. The van der Waals surface area contributed by atoms with Crippen LogP contribution in [-0.2, 0) is 0 Å². The van der Waals surface area contributed by atoms with Gasteiger partial charge in [0.1, 0.15) is 46.6 Å². The van der Waals surface area contributed by atoms with Crippen molar-refractivity contribution in [3.05, 3.63) is 60.7 Å². The third kappa shape index (κ3) is 5.92. The quantitative estimate of drug-likeness (QED) is 0.152. The minimum atomic E-state index is -0.518. The van der Waals surface area contributed by atoms with Gasteiger partial charge in [0.15, 0.2) is 0 Å². The fourth-order valence-electron chi connectivity index (χ4n) is 5.58. The van der Waals surface area contributed by atoms with E-state index in [0.29, 0.717) is 34.5 Å². The van der Waals surface area contributed by atoms with Crippen molar-refractivity contribution in [2.45, 2.75) is 19.8 Å². The number of hydrogen-bond donors (Lipinski definition) is 0. The molecule has 1 heterocycles. The van der Waals surface area contributed by atoms with Gasteiger partial charge in [0.05, 0.1) is 48.2 Å². The topological polar surface area (TPSA) is 64.6 Å². The van der Waals surface area contributed by atoms with Crippen LogP contribution in [0.25, 0.3) is 33.4 Å². The first kappa shape index (κ1) is 30.4. The lowest BCUT2D eigenvalue weighted by atomic mass is 9.90. The molecule has 226 valence electrons. The lowest BCUT2D eigenvalue weighted by molar-refractivity contribution is 0.393. The fourth-order valence-corrected chi connectivity index (χ4v) is 8.03. The van der Waals surface area contributed by atoms with Crippen LogP contribution < -0.4 is 38.5 Å². The van der Waals surface area contributed by atoms with Gasteiger partial charge in [0.25, 0.3) is 0 Å². The highest BCUT2D eigenvalue weighted by molar-refractivity contribution is 7.66. The molecule has 8 heteroatoms. The van der Waals surface area contributed by atoms with Crippen LogP contribution in [0.2, 0.25) is 0 Å². The van der Waals surface area contributed by atoms with E-state index in [1.807, 2.05) is 42.5 Å². The van der Waals surface area contributed by atoms with Gasteiger partial charge in [-0.15, -0.1) is 0 Å². The van der Waals surface area contributed by atoms with Crippen molar-refractivity contribution in [2.24, 2.45) is 0 Å². The lowest BCUT2D eigenvalue weighted by Gasteiger charge is -2.24. The van der Waals surface area contributed by atoms with Gasteiger partial charge < -0.3 is 33.2 Å². The fraction of sp³-hybridized carbons (Fsp3) is 0.314. The SMILES string of the molecule is CCCCP1COc2cccc(-c3c(OC)c(-c4cc(OC)cc(OC)c4)cc(-c4cc(OC)cc(OC)c4)c3OC)c21. The second-order valence-electron chi connectivity index (χ2n) is 10.2. The van der Waals surface area contributed by atoms with Crippen molar-refractivity contribution in [3.63, 3.8) is 0 Å². The Bertz CT molecular complexity index is 1470. The number of fused-ring (bicyclic) bond motifs is 1. The molecule has 0 aromatic heterocycles. The predicted octanol–water partition coefficient (Wildman–Crippen LogP) is 8.00. The summed E-state index contributed by atoms with van der Waals surface area (Å²) in [5.74, 6) is 5.02. The molecule has 0 fully saturated rings. The third-order valence-corrected chi connectivity index (χ3v) is 10.1. The zero-order valence-electron chi connectivity index (χ0n) is 25.9. The number of rotatable bonds is 12. The molecule has 0 saturated heterocycles. The zero-order valence-corrected chi connectivity index (χ0v) is 26.8. The molecule has 0 bridgehead atoms. The molecule has 43 heavy (non-hydrogen) atoms. The van der Waals surface area contributed by atoms with Crippen molar-refractivity contribution in [1.82, 2.24) is 0 Å². The Balaban J connectivity index is 1.90. The van der Waals surface area contributed by atoms with Gasteiger partial charge in [0.2, 0.25) is 0 Å². The first-order chi connectivity index (χ1) is 21.0. The van der Waals surface area contributed by atoms with Crippen LogP contribution in [-0.4, -0.2) is 55.2 Å². The summed E-state index contributed by atoms with van der Waals surface area (Å²) in [4.78, 5) is 0. The maximum Gasteiger partial charge on any atom is 0.138 e. The minimum Gasteiger partial charge on any atom is -0.497 e. The monoisotopic (exact) mass is 602 g/mol. The number of methoxy groups -OCH3 is 6. The van der Waals surface area contributed by atoms with Crippen LogP contribution in [0.5, 0.6) is 40.2 Å². The Morgan fingerprint density at radius 2 is 1.14 bits per heavy atom. The first-order valence-electron chi connectivity index (χ1n) is 14.3. The molecule has 7 nitrogen and oxygen atoms in total. The molecule has 1 atom stereocenters. The molecule has 1 aliphatic heterocycles. The van der Waals surface area contributed by atoms with E-state index in [2.05, 4.69) is 25.1 Å². The minimum absolute atomic E-state index is 0.518. The highest BCUT2D eigenvalue weighted by Crippen LogP contribution is 2.55. The zero-order chi connectivity index (χ0) is 30.5. The van der Waals surface area contributed by atoms with E-state index in [1.54, 1.807) is 42.7 Å². The van der Waals surface area contributed by atoms with Gasteiger partial charge in [-0.25, -0.2) is 0 Å². The normalized spacial score (nSPS) is 13.6. The van der Waals surface area contributed by atoms with Gasteiger partial charge in [-0.2, -0.15) is 0 Å². The Labute approximate surface area is 255 Å². The molecule has 1 unspecified atom stereocenters. The third-order valence-electron chi connectivity index (χ3n) is 7.71. The molecule has 1 aliphatic rings. The molecule has 0 amide bonds. The van der Waals surface area contributed by atoms with Crippen molar-refractivity contribution >= 4 is 13.2 Å². The maximum atomic E-state index is 6.29. The summed E-state index contributed by atoms with van der Waals surface area (Å²) >= 11 is 0. The van der Waals surface area contributed by atoms with E-state index in [-0.39, 0.29) is 0 Å². The molecule has 5 rings (SSSR count). The molecule has 0 radical (unpaired) electrons. The van der Waals surface area contributed by atoms with Crippen molar-refractivity contribution in [1.29, 1.82) is 0 Å². The summed E-state index contributed by atoms with van der Waals surface area (Å²) in [6.07, 6.45) is 4.11. The van der Waals surface area contributed by atoms with Crippen LogP contribution >= 0.6 is 7.92 Å². The van der Waals surface area contributed by atoms with Crippen LogP contribution in [0.1, 0.15) is 19.8 Å². The second kappa shape index (κ2) is 13.5. The molecule has 0 spiro atoms. The van der Waals surface area contributed by atoms with E-state index in [0.717, 1.165) is 64.5 Å². The highest BCUT2D eigenvalue weighted by atomic mass is 31.1. The van der Waals surface area contributed by atoms with Crippen molar-refractivity contribution < 1.29 is 33.2 Å². The van der Waals surface area contributed by atoms with Crippen molar-refractivity contribution in [2.75, 3.05) is 55.2 Å². The smallest absolute Gasteiger partial charge is 0.138 e. The van der Waals surface area contributed by atoms with Gasteiger partial charge in [0, 0.05) is 34.1 Å². The number of benzene rings is 4. The summed E-state index contributed by atoms with van der Waals surface area (Å²) in [5.41, 5.74) is 5.41. The summed E-state index contributed by atoms with van der Waals surface area (Å²) < 4.78 is 41.4.